The van der Waals surface area contributed by atoms with Crippen molar-refractivity contribution in [3.8, 4) is 5.75 Å². The lowest BCUT2D eigenvalue weighted by molar-refractivity contribution is 0.0936. The van der Waals surface area contributed by atoms with Crippen molar-refractivity contribution < 1.29 is 18.5 Å². The van der Waals surface area contributed by atoms with E-state index >= 15 is 0 Å². The van der Waals surface area contributed by atoms with Gasteiger partial charge in [0.15, 0.2) is 5.69 Å². The number of furan rings is 1. The fraction of sp³-hybridized carbons (Fsp3) is 0.263. The molecule has 0 aliphatic heterocycles. The van der Waals surface area contributed by atoms with E-state index in [1.807, 2.05) is 32.0 Å². The third-order valence-corrected chi connectivity index (χ3v) is 4.13. The second kappa shape index (κ2) is 7.25. The van der Waals surface area contributed by atoms with Crippen molar-refractivity contribution in [2.45, 2.75) is 33.9 Å². The molecule has 1 aromatic carbocycles. The molecule has 2 aromatic heterocycles. The molecule has 25 heavy (non-hydrogen) atoms. The van der Waals surface area contributed by atoms with Crippen LogP contribution in [-0.4, -0.2) is 11.1 Å². The molecule has 0 aliphatic rings. The zero-order valence-electron chi connectivity index (χ0n) is 14.5. The number of amides is 1. The van der Waals surface area contributed by atoms with Gasteiger partial charge < -0.3 is 19.0 Å². The van der Waals surface area contributed by atoms with Crippen LogP contribution < -0.4 is 10.1 Å². The van der Waals surface area contributed by atoms with Crippen LogP contribution in [0.15, 0.2) is 45.5 Å². The lowest BCUT2D eigenvalue weighted by Crippen LogP contribution is -2.24. The summed E-state index contributed by atoms with van der Waals surface area (Å²) in [5.74, 6) is 1.69. The topological polar surface area (TPSA) is 77.5 Å². The van der Waals surface area contributed by atoms with E-state index in [2.05, 4.69) is 10.5 Å². The molecule has 3 aromatic rings. The van der Waals surface area contributed by atoms with Crippen LogP contribution in [0.3, 0.4) is 0 Å². The fourth-order valence-electron chi connectivity index (χ4n) is 2.43. The highest BCUT2D eigenvalue weighted by molar-refractivity contribution is 5.93. The van der Waals surface area contributed by atoms with Gasteiger partial charge >= 0.3 is 0 Å². The Hall–Kier alpha value is -3.02. The molecule has 0 fully saturated rings. The van der Waals surface area contributed by atoms with Gasteiger partial charge in [0.05, 0.1) is 18.4 Å². The number of nitrogens with one attached hydrogen (secondary N) is 1. The first-order chi connectivity index (χ1) is 12.1. The molecular formula is C19H20N2O4. The predicted molar refractivity (Wildman–Crippen MR) is 91.4 cm³/mol. The number of hydrogen-bond donors (Lipinski definition) is 1. The zero-order valence-corrected chi connectivity index (χ0v) is 14.5. The molecule has 0 spiro atoms. The van der Waals surface area contributed by atoms with Gasteiger partial charge in [0.25, 0.3) is 5.91 Å². The third-order valence-electron chi connectivity index (χ3n) is 4.13. The van der Waals surface area contributed by atoms with Crippen molar-refractivity contribution in [1.82, 2.24) is 10.5 Å². The highest BCUT2D eigenvalue weighted by Gasteiger charge is 2.20. The van der Waals surface area contributed by atoms with Crippen molar-refractivity contribution in [1.29, 1.82) is 0 Å². The van der Waals surface area contributed by atoms with E-state index in [9.17, 15) is 4.79 Å². The Bertz CT molecular complexity index is 866. The Morgan fingerprint density at radius 1 is 1.20 bits per heavy atom. The zero-order chi connectivity index (χ0) is 17.8. The number of nitrogens with zero attached hydrogens (tertiary/aromatic N) is 1. The summed E-state index contributed by atoms with van der Waals surface area (Å²) < 4.78 is 16.3. The first kappa shape index (κ1) is 16.8. The second-order valence-corrected chi connectivity index (χ2v) is 5.81. The predicted octanol–water partition coefficient (Wildman–Crippen LogP) is 3.70. The van der Waals surface area contributed by atoms with Crippen LogP contribution in [0.25, 0.3) is 0 Å². The van der Waals surface area contributed by atoms with Crippen molar-refractivity contribution in [3.05, 3.63) is 70.5 Å². The maximum Gasteiger partial charge on any atom is 0.274 e. The molecule has 0 saturated heterocycles. The summed E-state index contributed by atoms with van der Waals surface area (Å²) >= 11 is 0. The Morgan fingerprint density at radius 2 is 2.04 bits per heavy atom. The van der Waals surface area contributed by atoms with E-state index in [1.54, 1.807) is 25.3 Å². The quantitative estimate of drug-likeness (QED) is 0.740. The van der Waals surface area contributed by atoms with Crippen molar-refractivity contribution >= 4 is 5.91 Å². The minimum absolute atomic E-state index is 0.211. The van der Waals surface area contributed by atoms with E-state index in [0.29, 0.717) is 17.1 Å². The monoisotopic (exact) mass is 340 g/mol. The number of hydrogen-bond acceptors (Lipinski definition) is 5. The summed E-state index contributed by atoms with van der Waals surface area (Å²) in [6.07, 6.45) is 1.56. The van der Waals surface area contributed by atoms with Gasteiger partial charge in [-0.2, -0.15) is 0 Å². The molecule has 6 heteroatoms. The van der Waals surface area contributed by atoms with Crippen LogP contribution >= 0.6 is 0 Å². The minimum atomic E-state index is -0.326. The van der Waals surface area contributed by atoms with Crippen LogP contribution in [0.4, 0.5) is 0 Å². The van der Waals surface area contributed by atoms with E-state index in [4.69, 9.17) is 13.7 Å². The van der Waals surface area contributed by atoms with Crippen LogP contribution in [-0.2, 0) is 13.2 Å². The van der Waals surface area contributed by atoms with Crippen molar-refractivity contribution in [3.63, 3.8) is 0 Å². The number of rotatable bonds is 6. The summed E-state index contributed by atoms with van der Waals surface area (Å²) in [6, 6.07) is 9.43. The molecule has 0 aliphatic carbocycles. The molecule has 3 rings (SSSR count). The first-order valence-corrected chi connectivity index (χ1v) is 8.01. The molecule has 2 heterocycles. The summed E-state index contributed by atoms with van der Waals surface area (Å²) in [5.41, 5.74) is 3.09. The Balaban J connectivity index is 1.70. The highest BCUT2D eigenvalue weighted by Crippen LogP contribution is 2.23. The molecule has 130 valence electrons. The SMILES string of the molecule is Cc1cccc(OCc2c(C(=O)NCc3ccco3)noc2C)c1C. The van der Waals surface area contributed by atoms with Gasteiger partial charge in [-0.15, -0.1) is 0 Å². The van der Waals surface area contributed by atoms with Crippen LogP contribution in [0.2, 0.25) is 0 Å². The lowest BCUT2D eigenvalue weighted by Gasteiger charge is -2.11. The maximum atomic E-state index is 12.4. The number of aryl methyl sites for hydroxylation is 2. The first-order valence-electron chi connectivity index (χ1n) is 8.01. The summed E-state index contributed by atoms with van der Waals surface area (Å²) in [4.78, 5) is 12.4. The van der Waals surface area contributed by atoms with E-state index in [1.165, 1.54) is 0 Å². The van der Waals surface area contributed by atoms with Crippen molar-refractivity contribution in [2.75, 3.05) is 0 Å². The fourth-order valence-corrected chi connectivity index (χ4v) is 2.43. The summed E-state index contributed by atoms with van der Waals surface area (Å²) in [7, 11) is 0. The summed E-state index contributed by atoms with van der Waals surface area (Å²) in [5, 5.41) is 6.63. The van der Waals surface area contributed by atoms with E-state index in [0.717, 1.165) is 16.9 Å². The average molecular weight is 340 g/mol. The van der Waals surface area contributed by atoms with E-state index in [-0.39, 0.29) is 24.8 Å². The van der Waals surface area contributed by atoms with Gasteiger partial charge in [0, 0.05) is 0 Å². The number of carbonyl (C=O) groups excluding carboxylic acids is 1. The molecule has 0 bridgehead atoms. The number of ether oxygens (including phenoxy) is 1. The van der Waals surface area contributed by atoms with Crippen LogP contribution in [0.1, 0.15) is 38.7 Å². The van der Waals surface area contributed by atoms with Gasteiger partial charge in [-0.3, -0.25) is 4.79 Å². The van der Waals surface area contributed by atoms with Gasteiger partial charge in [-0.05, 0) is 50.1 Å². The molecule has 0 saturated carbocycles. The number of aromatic nitrogens is 1. The van der Waals surface area contributed by atoms with Crippen LogP contribution in [0, 0.1) is 20.8 Å². The normalized spacial score (nSPS) is 10.7. The Morgan fingerprint density at radius 3 is 2.80 bits per heavy atom. The number of carbonyl (C=O) groups is 1. The van der Waals surface area contributed by atoms with Gasteiger partial charge in [-0.25, -0.2) is 0 Å². The van der Waals surface area contributed by atoms with Gasteiger partial charge in [0.1, 0.15) is 23.9 Å². The molecule has 6 nitrogen and oxygen atoms in total. The van der Waals surface area contributed by atoms with Gasteiger partial charge in [0.2, 0.25) is 0 Å². The maximum absolute atomic E-state index is 12.4. The number of benzene rings is 1. The standard InChI is InChI=1S/C19H20N2O4/c1-12-6-4-8-17(13(12)2)24-11-16-14(3)25-21-18(16)19(22)20-10-15-7-5-9-23-15/h4-9H,10-11H2,1-3H3,(H,20,22). The summed E-state index contributed by atoms with van der Waals surface area (Å²) in [6.45, 7) is 6.29. The molecule has 0 atom stereocenters. The highest BCUT2D eigenvalue weighted by atomic mass is 16.5. The largest absolute Gasteiger partial charge is 0.488 e. The lowest BCUT2D eigenvalue weighted by atomic mass is 10.1. The smallest absolute Gasteiger partial charge is 0.274 e. The van der Waals surface area contributed by atoms with Gasteiger partial charge in [-0.1, -0.05) is 17.3 Å². The molecular weight excluding hydrogens is 320 g/mol. The van der Waals surface area contributed by atoms with Crippen LogP contribution in [0.5, 0.6) is 5.75 Å². The average Bonchev–Trinajstić information content (AvgIpc) is 3.24. The minimum Gasteiger partial charge on any atom is -0.488 e. The molecule has 1 N–H and O–H groups in total. The molecule has 0 unspecified atom stereocenters. The van der Waals surface area contributed by atoms with E-state index < -0.39 is 0 Å². The Labute approximate surface area is 145 Å². The molecule has 0 radical (unpaired) electrons. The third kappa shape index (κ3) is 3.74. The molecule has 1 amide bonds. The van der Waals surface area contributed by atoms with Crippen molar-refractivity contribution in [2.24, 2.45) is 0 Å². The Kier molecular flexibility index (Phi) is 4.88. The second-order valence-electron chi connectivity index (χ2n) is 5.81.